The molecule has 132 valence electrons. The monoisotopic (exact) mass is 368 g/mol. The Morgan fingerprint density at radius 3 is 2.58 bits per heavy atom. The van der Waals surface area contributed by atoms with Gasteiger partial charge < -0.3 is 9.80 Å². The highest BCUT2D eigenvalue weighted by Gasteiger charge is 2.33. The molecule has 2 fully saturated rings. The quantitative estimate of drug-likeness (QED) is 0.785. The van der Waals surface area contributed by atoms with Crippen molar-refractivity contribution in [3.63, 3.8) is 0 Å². The summed E-state index contributed by atoms with van der Waals surface area (Å²) in [6.07, 6.45) is 6.42. The fourth-order valence-electron chi connectivity index (χ4n) is 4.09. The highest BCUT2D eigenvalue weighted by molar-refractivity contribution is 6.42. The van der Waals surface area contributed by atoms with Crippen LogP contribution >= 0.6 is 23.2 Å². The van der Waals surface area contributed by atoms with Crippen LogP contribution in [-0.2, 0) is 11.2 Å². The number of hydrogen-bond acceptors (Lipinski definition) is 2. The lowest BCUT2D eigenvalue weighted by molar-refractivity contribution is -0.137. The van der Waals surface area contributed by atoms with E-state index in [9.17, 15) is 4.79 Å². The zero-order valence-electron chi connectivity index (χ0n) is 14.3. The summed E-state index contributed by atoms with van der Waals surface area (Å²) in [7, 11) is 0. The minimum absolute atomic E-state index is 0.213. The highest BCUT2D eigenvalue weighted by atomic mass is 35.5. The molecule has 3 rings (SSSR count). The van der Waals surface area contributed by atoms with E-state index in [0.29, 0.717) is 28.5 Å². The lowest BCUT2D eigenvalue weighted by atomic mass is 9.95. The third-order valence-corrected chi connectivity index (χ3v) is 6.06. The normalized spacial score (nSPS) is 25.2. The van der Waals surface area contributed by atoms with Gasteiger partial charge in [-0.1, -0.05) is 29.3 Å². The predicted octanol–water partition coefficient (Wildman–Crippen LogP) is 4.40. The molecule has 3 nitrogen and oxygen atoms in total. The molecule has 1 amide bonds. The molecular formula is C19H26Cl2N2O. The maximum Gasteiger partial charge on any atom is 0.227 e. The van der Waals surface area contributed by atoms with Gasteiger partial charge in [0.25, 0.3) is 0 Å². The number of hydrogen-bond donors (Lipinski definition) is 0. The first-order valence-corrected chi connectivity index (χ1v) is 9.77. The lowest BCUT2D eigenvalue weighted by Gasteiger charge is -2.42. The Hall–Kier alpha value is -0.770. The van der Waals surface area contributed by atoms with Gasteiger partial charge in [-0.05, 0) is 69.8 Å². The third-order valence-electron chi connectivity index (χ3n) is 5.32. The van der Waals surface area contributed by atoms with Crippen LogP contribution in [0.2, 0.25) is 10.0 Å². The van der Waals surface area contributed by atoms with Crippen molar-refractivity contribution in [2.24, 2.45) is 0 Å². The fraction of sp³-hybridized carbons (Fsp3) is 0.632. The minimum Gasteiger partial charge on any atom is -0.335 e. The molecule has 0 radical (unpaired) electrons. The zero-order valence-corrected chi connectivity index (χ0v) is 15.8. The van der Waals surface area contributed by atoms with Crippen molar-refractivity contribution in [3.8, 4) is 0 Å². The number of likely N-dealkylation sites (tertiary alicyclic amines) is 2. The molecule has 1 aromatic carbocycles. The van der Waals surface area contributed by atoms with E-state index in [-0.39, 0.29) is 5.91 Å². The van der Waals surface area contributed by atoms with Gasteiger partial charge in [0, 0.05) is 18.6 Å². The van der Waals surface area contributed by atoms with Crippen molar-refractivity contribution < 1.29 is 4.79 Å². The maximum atomic E-state index is 13.0. The molecule has 2 atom stereocenters. The molecule has 0 saturated carbocycles. The summed E-state index contributed by atoms with van der Waals surface area (Å²) in [6.45, 7) is 5.57. The van der Waals surface area contributed by atoms with E-state index < -0.39 is 0 Å². The van der Waals surface area contributed by atoms with Crippen LogP contribution in [0, 0.1) is 0 Å². The number of carbonyl (C=O) groups is 1. The van der Waals surface area contributed by atoms with Crippen LogP contribution in [0.1, 0.15) is 44.6 Å². The standard InChI is InChI=1S/C19H26Cl2N2O/c1-14-5-4-6-16(13-22-9-2-3-10-22)23(14)19(24)12-15-7-8-17(20)18(21)11-15/h7-8,11,14,16H,2-6,9-10,12-13H2,1H3/t14-,16-/m1/s1. The van der Waals surface area contributed by atoms with E-state index in [2.05, 4.69) is 16.7 Å². The first-order valence-electron chi connectivity index (χ1n) is 9.02. The van der Waals surface area contributed by atoms with Crippen molar-refractivity contribution in [1.29, 1.82) is 0 Å². The van der Waals surface area contributed by atoms with Crippen LogP contribution in [-0.4, -0.2) is 47.4 Å². The summed E-state index contributed by atoms with van der Waals surface area (Å²) in [6, 6.07) is 6.15. The molecule has 2 aliphatic heterocycles. The molecule has 0 N–H and O–H groups in total. The number of piperidine rings is 1. The average Bonchev–Trinajstić information content (AvgIpc) is 3.04. The topological polar surface area (TPSA) is 23.6 Å². The van der Waals surface area contributed by atoms with Gasteiger partial charge in [-0.15, -0.1) is 0 Å². The van der Waals surface area contributed by atoms with Crippen LogP contribution in [0.4, 0.5) is 0 Å². The molecular weight excluding hydrogens is 343 g/mol. The molecule has 24 heavy (non-hydrogen) atoms. The molecule has 2 heterocycles. The molecule has 0 bridgehead atoms. The first kappa shape index (κ1) is 18.0. The van der Waals surface area contributed by atoms with Gasteiger partial charge in [-0.25, -0.2) is 0 Å². The average molecular weight is 369 g/mol. The number of rotatable bonds is 4. The summed E-state index contributed by atoms with van der Waals surface area (Å²) >= 11 is 12.1. The van der Waals surface area contributed by atoms with Crippen molar-refractivity contribution >= 4 is 29.1 Å². The summed E-state index contributed by atoms with van der Waals surface area (Å²) < 4.78 is 0. The second-order valence-corrected chi connectivity index (χ2v) is 7.98. The highest BCUT2D eigenvalue weighted by Crippen LogP contribution is 2.27. The number of halogens is 2. The van der Waals surface area contributed by atoms with E-state index in [0.717, 1.165) is 24.9 Å². The van der Waals surface area contributed by atoms with Gasteiger partial charge in [0.2, 0.25) is 5.91 Å². The van der Waals surface area contributed by atoms with Crippen molar-refractivity contribution in [1.82, 2.24) is 9.80 Å². The number of benzene rings is 1. The van der Waals surface area contributed by atoms with E-state index in [1.54, 1.807) is 6.07 Å². The number of amides is 1. The molecule has 2 saturated heterocycles. The van der Waals surface area contributed by atoms with Gasteiger partial charge in [0.1, 0.15) is 0 Å². The predicted molar refractivity (Wildman–Crippen MR) is 99.8 cm³/mol. The minimum atomic E-state index is 0.213. The Balaban J connectivity index is 1.69. The van der Waals surface area contributed by atoms with E-state index in [1.165, 1.54) is 32.4 Å². The third kappa shape index (κ3) is 4.25. The Bertz CT molecular complexity index is 587. The van der Waals surface area contributed by atoms with Gasteiger partial charge in [-0.2, -0.15) is 0 Å². The summed E-state index contributed by atoms with van der Waals surface area (Å²) in [5.41, 5.74) is 0.937. The zero-order chi connectivity index (χ0) is 17.1. The van der Waals surface area contributed by atoms with Crippen LogP contribution in [0.15, 0.2) is 18.2 Å². The summed E-state index contributed by atoms with van der Waals surface area (Å²) in [4.78, 5) is 17.6. The molecule has 5 heteroatoms. The summed E-state index contributed by atoms with van der Waals surface area (Å²) in [5.74, 6) is 0.213. The molecule has 2 aliphatic rings. The van der Waals surface area contributed by atoms with Crippen LogP contribution < -0.4 is 0 Å². The SMILES string of the molecule is C[C@@H]1CCC[C@H](CN2CCCC2)N1C(=O)Cc1ccc(Cl)c(Cl)c1. The van der Waals surface area contributed by atoms with E-state index >= 15 is 0 Å². The molecule has 0 spiro atoms. The summed E-state index contributed by atoms with van der Waals surface area (Å²) in [5, 5.41) is 1.05. The number of nitrogens with zero attached hydrogens (tertiary/aromatic N) is 2. The lowest BCUT2D eigenvalue weighted by Crippen LogP contribution is -2.53. The Labute approximate surface area is 154 Å². The van der Waals surface area contributed by atoms with Gasteiger partial charge >= 0.3 is 0 Å². The molecule has 0 aromatic heterocycles. The van der Waals surface area contributed by atoms with Gasteiger partial charge in [0.05, 0.1) is 16.5 Å². The van der Waals surface area contributed by atoms with Gasteiger partial charge in [0.15, 0.2) is 0 Å². The first-order chi connectivity index (χ1) is 11.5. The van der Waals surface area contributed by atoms with Crippen LogP contribution in [0.5, 0.6) is 0 Å². The second kappa shape index (κ2) is 8.07. The van der Waals surface area contributed by atoms with E-state index in [1.807, 2.05) is 12.1 Å². The van der Waals surface area contributed by atoms with Crippen molar-refractivity contribution in [2.75, 3.05) is 19.6 Å². The van der Waals surface area contributed by atoms with Crippen LogP contribution in [0.25, 0.3) is 0 Å². The van der Waals surface area contributed by atoms with Gasteiger partial charge in [-0.3, -0.25) is 4.79 Å². The van der Waals surface area contributed by atoms with Crippen LogP contribution in [0.3, 0.4) is 0 Å². The Kier molecular flexibility index (Phi) is 6.07. The van der Waals surface area contributed by atoms with E-state index in [4.69, 9.17) is 23.2 Å². The molecule has 1 aromatic rings. The molecule has 0 aliphatic carbocycles. The number of carbonyl (C=O) groups excluding carboxylic acids is 1. The van der Waals surface area contributed by atoms with Crippen molar-refractivity contribution in [3.05, 3.63) is 33.8 Å². The largest absolute Gasteiger partial charge is 0.335 e. The Morgan fingerprint density at radius 1 is 1.12 bits per heavy atom. The smallest absolute Gasteiger partial charge is 0.227 e. The Morgan fingerprint density at radius 2 is 1.88 bits per heavy atom. The second-order valence-electron chi connectivity index (χ2n) is 7.17. The fourth-order valence-corrected chi connectivity index (χ4v) is 4.42. The van der Waals surface area contributed by atoms with Crippen molar-refractivity contribution in [2.45, 2.75) is 57.5 Å². The maximum absolute atomic E-state index is 13.0. The molecule has 0 unspecified atom stereocenters.